The molecule has 0 saturated heterocycles. The maximum absolute atomic E-state index is 12.5. The summed E-state index contributed by atoms with van der Waals surface area (Å²) in [6, 6.07) is 8.91. The molecular weight excluding hydrogens is 388 g/mol. The highest BCUT2D eigenvalue weighted by atomic mass is 32.1. The number of nitrogens with one attached hydrogen (secondary N) is 1. The van der Waals surface area contributed by atoms with Crippen LogP contribution in [-0.2, 0) is 4.74 Å². The third kappa shape index (κ3) is 3.47. The first-order valence-electron chi connectivity index (χ1n) is 9.17. The monoisotopic (exact) mass is 408 g/mol. The molecule has 3 aromatic heterocycles. The number of aromatic amines is 1. The van der Waals surface area contributed by atoms with Gasteiger partial charge in [0.15, 0.2) is 11.9 Å². The Morgan fingerprint density at radius 1 is 1.17 bits per heavy atom. The van der Waals surface area contributed by atoms with Gasteiger partial charge in [-0.25, -0.2) is 14.5 Å². The second-order valence-electron chi connectivity index (χ2n) is 6.89. The lowest BCUT2D eigenvalue weighted by molar-refractivity contribution is 0.0320. The molecule has 0 bridgehead atoms. The molecule has 7 nitrogen and oxygen atoms in total. The topological polar surface area (TPSA) is 89.9 Å². The summed E-state index contributed by atoms with van der Waals surface area (Å²) in [6.45, 7) is 7.51. The van der Waals surface area contributed by atoms with Gasteiger partial charge in [0.25, 0.3) is 5.56 Å². The van der Waals surface area contributed by atoms with E-state index in [2.05, 4.69) is 15.1 Å². The number of H-pyrrole nitrogens is 1. The standard InChI is InChI=1S/C21H20N4O3S/c1-11-9-10-22-25(11)16-7-5-15(6-8-16)21(27)28-13(3)18-23-19(26)17-12(2)14(4)29-20(17)24-18/h5-10,13H,1-4H3,(H,23,24,26)/t13-/m1/s1. The summed E-state index contributed by atoms with van der Waals surface area (Å²) in [6.07, 6.45) is 1.04. The number of aromatic nitrogens is 4. The van der Waals surface area contributed by atoms with Gasteiger partial charge in [-0.05, 0) is 63.6 Å². The average Bonchev–Trinajstić information content (AvgIpc) is 3.25. The van der Waals surface area contributed by atoms with E-state index in [9.17, 15) is 9.59 Å². The van der Waals surface area contributed by atoms with E-state index in [4.69, 9.17) is 4.74 Å². The molecule has 8 heteroatoms. The SMILES string of the molecule is Cc1sc2nc([C@@H](C)OC(=O)c3ccc(-n4nccc4C)cc3)[nH]c(=O)c2c1C. The van der Waals surface area contributed by atoms with E-state index in [0.29, 0.717) is 21.6 Å². The molecule has 1 N–H and O–H groups in total. The summed E-state index contributed by atoms with van der Waals surface area (Å²) < 4.78 is 7.31. The van der Waals surface area contributed by atoms with Crippen LogP contribution in [0.1, 0.15) is 45.3 Å². The zero-order chi connectivity index (χ0) is 20.7. The van der Waals surface area contributed by atoms with Crippen molar-refractivity contribution in [3.8, 4) is 5.69 Å². The molecule has 0 radical (unpaired) electrons. The summed E-state index contributed by atoms with van der Waals surface area (Å²) in [5, 5.41) is 4.85. The van der Waals surface area contributed by atoms with Gasteiger partial charge in [-0.15, -0.1) is 11.3 Å². The van der Waals surface area contributed by atoms with E-state index in [0.717, 1.165) is 21.8 Å². The van der Waals surface area contributed by atoms with E-state index in [-0.39, 0.29) is 5.56 Å². The molecule has 0 amide bonds. The Morgan fingerprint density at radius 2 is 1.90 bits per heavy atom. The fourth-order valence-electron chi connectivity index (χ4n) is 3.13. The second-order valence-corrected chi connectivity index (χ2v) is 8.10. The summed E-state index contributed by atoms with van der Waals surface area (Å²) in [5.41, 5.74) is 2.99. The quantitative estimate of drug-likeness (QED) is 0.515. The van der Waals surface area contributed by atoms with Gasteiger partial charge in [-0.3, -0.25) is 4.79 Å². The molecule has 1 atom stereocenters. The number of benzene rings is 1. The van der Waals surface area contributed by atoms with Gasteiger partial charge in [0, 0.05) is 16.8 Å². The number of esters is 1. The van der Waals surface area contributed by atoms with Crippen LogP contribution in [0, 0.1) is 20.8 Å². The second kappa shape index (κ2) is 7.29. The number of hydrogen-bond acceptors (Lipinski definition) is 6. The minimum Gasteiger partial charge on any atom is -0.451 e. The minimum absolute atomic E-state index is 0.214. The Bertz CT molecular complexity index is 1270. The first-order valence-corrected chi connectivity index (χ1v) is 9.98. The molecule has 0 spiro atoms. The van der Waals surface area contributed by atoms with E-state index in [1.807, 2.05) is 39.0 Å². The Labute approximate surface area is 171 Å². The molecule has 0 unspecified atom stereocenters. The lowest BCUT2D eigenvalue weighted by Gasteiger charge is -2.13. The fraction of sp³-hybridized carbons (Fsp3) is 0.238. The number of aryl methyl sites for hydroxylation is 3. The van der Waals surface area contributed by atoms with Crippen LogP contribution in [0.5, 0.6) is 0 Å². The third-order valence-electron chi connectivity index (χ3n) is 4.91. The van der Waals surface area contributed by atoms with Crippen molar-refractivity contribution < 1.29 is 9.53 Å². The number of hydrogen-bond donors (Lipinski definition) is 1. The van der Waals surface area contributed by atoms with Gasteiger partial charge in [-0.1, -0.05) is 0 Å². The molecule has 4 rings (SSSR count). The van der Waals surface area contributed by atoms with Crippen molar-refractivity contribution in [1.29, 1.82) is 0 Å². The maximum atomic E-state index is 12.5. The summed E-state index contributed by atoms with van der Waals surface area (Å²) in [5.74, 6) is -0.150. The molecule has 148 valence electrons. The number of thiophene rings is 1. The van der Waals surface area contributed by atoms with Crippen molar-refractivity contribution in [2.45, 2.75) is 33.8 Å². The number of carbonyl (C=O) groups is 1. The minimum atomic E-state index is -0.685. The van der Waals surface area contributed by atoms with Crippen LogP contribution in [0.4, 0.5) is 0 Å². The molecule has 0 aliphatic carbocycles. The molecule has 3 heterocycles. The normalized spacial score (nSPS) is 12.3. The summed E-state index contributed by atoms with van der Waals surface area (Å²) in [7, 11) is 0. The van der Waals surface area contributed by atoms with Crippen molar-refractivity contribution in [3.05, 3.63) is 74.4 Å². The summed E-state index contributed by atoms with van der Waals surface area (Å²) >= 11 is 1.46. The lowest BCUT2D eigenvalue weighted by Crippen LogP contribution is -2.17. The molecule has 4 aromatic rings. The first kappa shape index (κ1) is 19.1. The summed E-state index contributed by atoms with van der Waals surface area (Å²) in [4.78, 5) is 33.9. The van der Waals surface area contributed by atoms with Crippen LogP contribution < -0.4 is 5.56 Å². The molecule has 0 fully saturated rings. The van der Waals surface area contributed by atoms with E-state index >= 15 is 0 Å². The number of fused-ring (bicyclic) bond motifs is 1. The van der Waals surface area contributed by atoms with E-state index in [1.165, 1.54) is 11.3 Å². The van der Waals surface area contributed by atoms with Crippen molar-refractivity contribution in [3.63, 3.8) is 0 Å². The fourth-order valence-corrected chi connectivity index (χ4v) is 4.16. The highest BCUT2D eigenvalue weighted by Crippen LogP contribution is 2.27. The van der Waals surface area contributed by atoms with Crippen LogP contribution >= 0.6 is 11.3 Å². The van der Waals surface area contributed by atoms with Gasteiger partial charge in [0.05, 0.1) is 16.6 Å². The van der Waals surface area contributed by atoms with Crippen molar-refractivity contribution in [2.75, 3.05) is 0 Å². The van der Waals surface area contributed by atoms with Crippen LogP contribution in [-0.4, -0.2) is 25.7 Å². The predicted octanol–water partition coefficient (Wildman–Crippen LogP) is 4.01. The molecule has 0 aliphatic heterocycles. The highest BCUT2D eigenvalue weighted by molar-refractivity contribution is 7.18. The van der Waals surface area contributed by atoms with Gasteiger partial charge < -0.3 is 9.72 Å². The zero-order valence-electron chi connectivity index (χ0n) is 16.5. The lowest BCUT2D eigenvalue weighted by atomic mass is 10.2. The van der Waals surface area contributed by atoms with E-state index in [1.54, 1.807) is 29.9 Å². The molecule has 0 saturated carbocycles. The van der Waals surface area contributed by atoms with Crippen molar-refractivity contribution in [2.24, 2.45) is 0 Å². The Hall–Kier alpha value is -3.26. The molecule has 0 aliphatic rings. The third-order valence-corrected chi connectivity index (χ3v) is 6.01. The molecule has 1 aromatic carbocycles. The van der Waals surface area contributed by atoms with Gasteiger partial charge in [0.1, 0.15) is 4.83 Å². The maximum Gasteiger partial charge on any atom is 0.338 e. The Balaban J connectivity index is 1.54. The Morgan fingerprint density at radius 3 is 2.55 bits per heavy atom. The predicted molar refractivity (Wildman–Crippen MR) is 112 cm³/mol. The molecule has 29 heavy (non-hydrogen) atoms. The van der Waals surface area contributed by atoms with Gasteiger partial charge >= 0.3 is 5.97 Å². The van der Waals surface area contributed by atoms with Crippen molar-refractivity contribution >= 4 is 27.5 Å². The van der Waals surface area contributed by atoms with E-state index < -0.39 is 12.1 Å². The molecular formula is C21H20N4O3S. The van der Waals surface area contributed by atoms with Crippen LogP contribution in [0.3, 0.4) is 0 Å². The number of nitrogens with zero attached hydrogens (tertiary/aromatic N) is 3. The Kier molecular flexibility index (Phi) is 4.79. The van der Waals surface area contributed by atoms with Crippen molar-refractivity contribution in [1.82, 2.24) is 19.7 Å². The van der Waals surface area contributed by atoms with Gasteiger partial charge in [0.2, 0.25) is 0 Å². The zero-order valence-corrected chi connectivity index (χ0v) is 17.3. The smallest absolute Gasteiger partial charge is 0.338 e. The average molecular weight is 408 g/mol. The first-order chi connectivity index (χ1) is 13.8. The van der Waals surface area contributed by atoms with Gasteiger partial charge in [-0.2, -0.15) is 5.10 Å². The number of ether oxygens (including phenoxy) is 1. The highest BCUT2D eigenvalue weighted by Gasteiger charge is 2.19. The number of carbonyl (C=O) groups excluding carboxylic acids is 1. The number of rotatable bonds is 4. The van der Waals surface area contributed by atoms with Crippen LogP contribution in [0.15, 0.2) is 41.3 Å². The van der Waals surface area contributed by atoms with Crippen LogP contribution in [0.25, 0.3) is 15.9 Å². The van der Waals surface area contributed by atoms with Crippen LogP contribution in [0.2, 0.25) is 0 Å². The largest absolute Gasteiger partial charge is 0.451 e.